The number of phosphoric ester groups is 1. The van der Waals surface area contributed by atoms with Gasteiger partial charge in [-0.25, -0.2) is 0 Å². The summed E-state index contributed by atoms with van der Waals surface area (Å²) in [4.78, 5) is 108. The fraction of sp³-hybridized carbons (Fsp3) is 0.938. The Kier molecular flexibility index (Phi) is 72.2. The quantitative estimate of drug-likeness (QED) is 0.0129. The molecular weight excluding hydrogens is 1550 g/mol. The summed E-state index contributed by atoms with van der Waals surface area (Å²) >= 11 is 0. The molecule has 24 heteroatoms. The van der Waals surface area contributed by atoms with Crippen molar-refractivity contribution in [2.75, 3.05) is 13.2 Å². The molecule has 2 saturated heterocycles. The van der Waals surface area contributed by atoms with Gasteiger partial charge >= 0.3 is 23.9 Å². The van der Waals surface area contributed by atoms with E-state index in [9.17, 15) is 63.5 Å². The molecule has 2 heterocycles. The van der Waals surface area contributed by atoms with E-state index in [0.29, 0.717) is 51.4 Å². The Hall–Kier alpha value is -3.35. The van der Waals surface area contributed by atoms with Crippen LogP contribution in [0.5, 0.6) is 0 Å². The van der Waals surface area contributed by atoms with Crippen molar-refractivity contribution in [3.05, 3.63) is 0 Å². The Morgan fingerprint density at radius 3 is 0.917 bits per heavy atom. The van der Waals surface area contributed by atoms with Crippen molar-refractivity contribution in [1.29, 1.82) is 0 Å². The zero-order valence-corrected chi connectivity index (χ0v) is 77.8. The summed E-state index contributed by atoms with van der Waals surface area (Å²) in [7, 11) is -5.83. The van der Waals surface area contributed by atoms with Gasteiger partial charge in [0.05, 0.1) is 32.5 Å². The third-order valence-electron chi connectivity index (χ3n) is 24.1. The average Bonchev–Trinajstić information content (AvgIpc) is 0.774. The molecule has 2 aliphatic rings. The summed E-state index contributed by atoms with van der Waals surface area (Å²) in [6, 6.07) is -3.41. The van der Waals surface area contributed by atoms with Crippen LogP contribution < -0.4 is 15.5 Å². The molecule has 0 bridgehead atoms. The standard InChI is InChI=1S/C96H181N2O21P/c1-7-13-19-25-31-37-40-46-52-58-64-70-85(102)113-78(67-61-55-49-43-34-28-22-16-10-4)73-83(100)97-89-92(107)91(106)82(116-95(89)108)77-112-96-90(98-84(101)74-79(68-62-56-50-44-35-29-23-17-11-5)114-86(103)71-65-59-53-47-41-38-32-26-20-14-8-2)94(93(81(76-99)117-96)119-120(109,110)111)118-88(105)75-80(69-63-57-51-45-36-30-24-18-12-6)115-87(104)72-66-60-54-48-42-39-33-27-21-15-9-3/h78-82,89-96,99,106-108H,7-77H2,1-6H3,(H,97,100)(H,98,101)(H2,109,110,111)/p-1/t78-,79-,80-,81-,82-,89-,90-,91-,92-,93-,94-,95+,96-/m1/s1. The largest absolute Gasteiger partial charge is 0.756 e. The second kappa shape index (κ2) is 76.8. The lowest BCUT2D eigenvalue weighted by Gasteiger charge is -2.47. The lowest BCUT2D eigenvalue weighted by atomic mass is 9.95. The molecule has 0 spiro atoms. The van der Waals surface area contributed by atoms with E-state index in [4.69, 9.17) is 37.7 Å². The Balaban J connectivity index is 2.58. The molecule has 23 nitrogen and oxygen atoms in total. The van der Waals surface area contributed by atoms with Crippen LogP contribution in [0, 0.1) is 0 Å². The van der Waals surface area contributed by atoms with E-state index in [1.807, 2.05) is 0 Å². The Morgan fingerprint density at radius 2 is 0.625 bits per heavy atom. The number of rotatable bonds is 84. The number of unbranched alkanes of at least 4 members (excludes halogenated alkanes) is 54. The minimum Gasteiger partial charge on any atom is -0.756 e. The maximum Gasteiger partial charge on any atom is 0.310 e. The van der Waals surface area contributed by atoms with Gasteiger partial charge < -0.3 is 78.5 Å². The predicted octanol–water partition coefficient (Wildman–Crippen LogP) is 21.7. The highest BCUT2D eigenvalue weighted by Gasteiger charge is 2.53. The van der Waals surface area contributed by atoms with Crippen molar-refractivity contribution in [1.82, 2.24) is 10.6 Å². The number of aliphatic hydroxyl groups excluding tert-OH is 4. The van der Waals surface area contributed by atoms with Crippen molar-refractivity contribution >= 4 is 43.5 Å². The third-order valence-corrected chi connectivity index (χ3v) is 24.6. The first-order chi connectivity index (χ1) is 58.2. The molecule has 2 fully saturated rings. The van der Waals surface area contributed by atoms with E-state index in [2.05, 4.69) is 52.2 Å². The van der Waals surface area contributed by atoms with Gasteiger partial charge in [-0.2, -0.15) is 0 Å². The summed E-state index contributed by atoms with van der Waals surface area (Å²) in [6.45, 7) is 11.4. The number of ether oxygens (including phenoxy) is 7. The number of carbonyl (C=O) groups excluding carboxylic acids is 6. The lowest BCUT2D eigenvalue weighted by molar-refractivity contribution is -0.304. The zero-order valence-electron chi connectivity index (χ0n) is 76.9. The second-order valence-electron chi connectivity index (χ2n) is 35.4. The molecule has 706 valence electrons. The summed E-state index contributed by atoms with van der Waals surface area (Å²) in [5.41, 5.74) is 0. The van der Waals surface area contributed by atoms with Crippen LogP contribution in [-0.2, 0) is 71.0 Å². The van der Waals surface area contributed by atoms with Crippen LogP contribution in [0.15, 0.2) is 0 Å². The minimum absolute atomic E-state index is 0.117. The van der Waals surface area contributed by atoms with E-state index < -0.39 is 149 Å². The van der Waals surface area contributed by atoms with Gasteiger partial charge in [0.15, 0.2) is 18.7 Å². The molecular formula is C96H180N2O21P-. The van der Waals surface area contributed by atoms with Gasteiger partial charge in [0.1, 0.15) is 60.9 Å². The monoisotopic (exact) mass is 1730 g/mol. The van der Waals surface area contributed by atoms with Crippen LogP contribution in [-0.4, -0.2) is 154 Å². The molecule has 120 heavy (non-hydrogen) atoms. The maximum absolute atomic E-state index is 15.0. The van der Waals surface area contributed by atoms with Gasteiger partial charge in [0, 0.05) is 19.3 Å². The SMILES string of the molecule is CCCCCCCCCCCCCC(=O)O[C@H](CCCCCCCCCCC)CC(=O)N[C@@H]1[C@@H](O)[C@H](O)[C@@H](CO[C@@H]2O[C@H](CO)[C@@H](OP(=O)([O-])O)[C@H](OC(=O)C[C@@H](CCCCCCCCCCC)OC(=O)CCCCCCCCCCCCC)[C@H]2NC(=O)C[C@@H](CCCCCCCCCCC)OC(=O)CCCCCCCCCCCCC)O[C@@H]1O. The highest BCUT2D eigenvalue weighted by molar-refractivity contribution is 7.44. The molecule has 0 aromatic rings. The third kappa shape index (κ3) is 60.3. The van der Waals surface area contributed by atoms with Gasteiger partial charge in [0.25, 0.3) is 7.82 Å². The summed E-state index contributed by atoms with van der Waals surface area (Å²) in [5.74, 6) is -3.90. The van der Waals surface area contributed by atoms with Crippen molar-refractivity contribution in [2.24, 2.45) is 0 Å². The first kappa shape index (κ1) is 113. The first-order valence-electron chi connectivity index (χ1n) is 49.9. The Bertz CT molecular complexity index is 2510. The maximum atomic E-state index is 15.0. The second-order valence-corrected chi connectivity index (χ2v) is 36.6. The van der Waals surface area contributed by atoms with E-state index in [1.54, 1.807) is 0 Å². The normalized spacial score (nSPS) is 20.6. The molecule has 7 N–H and O–H groups in total. The molecule has 0 aliphatic carbocycles. The number of amides is 2. The summed E-state index contributed by atoms with van der Waals surface area (Å²) in [5, 5.41) is 51.8. The van der Waals surface area contributed by atoms with Crippen LogP contribution in [0.3, 0.4) is 0 Å². The van der Waals surface area contributed by atoms with Gasteiger partial charge in [-0.1, -0.05) is 388 Å². The fourth-order valence-corrected chi connectivity index (χ4v) is 17.2. The van der Waals surface area contributed by atoms with Crippen molar-refractivity contribution in [2.45, 2.75) is 564 Å². The van der Waals surface area contributed by atoms with Crippen LogP contribution in [0.25, 0.3) is 0 Å². The molecule has 0 saturated carbocycles. The highest BCUT2D eigenvalue weighted by Crippen LogP contribution is 2.40. The predicted molar refractivity (Wildman–Crippen MR) is 475 cm³/mol. The van der Waals surface area contributed by atoms with Crippen molar-refractivity contribution < 1.29 is 101 Å². The minimum atomic E-state index is -5.83. The van der Waals surface area contributed by atoms with Crippen LogP contribution in [0.4, 0.5) is 0 Å². The highest BCUT2D eigenvalue weighted by atomic mass is 31.2. The topological polar surface area (TPSA) is 342 Å². The smallest absolute Gasteiger partial charge is 0.310 e. The Morgan fingerprint density at radius 1 is 0.350 bits per heavy atom. The van der Waals surface area contributed by atoms with Crippen molar-refractivity contribution in [3.63, 3.8) is 0 Å². The average molecular weight is 1730 g/mol. The molecule has 1 unspecified atom stereocenters. The van der Waals surface area contributed by atoms with Crippen LogP contribution in [0.1, 0.15) is 485 Å². The first-order valence-corrected chi connectivity index (χ1v) is 51.4. The number of hydrogen-bond donors (Lipinski definition) is 7. The number of hydrogen-bond acceptors (Lipinski definition) is 20. The number of phosphoric acid groups is 1. The summed E-state index contributed by atoms with van der Waals surface area (Å²) in [6.07, 6.45) is 46.3. The van der Waals surface area contributed by atoms with Crippen LogP contribution in [0.2, 0.25) is 0 Å². The lowest BCUT2D eigenvalue weighted by Crippen LogP contribution is -2.67. The molecule has 0 aromatic heterocycles. The molecule has 2 aliphatic heterocycles. The number of esters is 4. The summed E-state index contributed by atoms with van der Waals surface area (Å²) < 4.78 is 61.1. The van der Waals surface area contributed by atoms with Crippen LogP contribution >= 0.6 is 7.82 Å². The Labute approximate surface area is 729 Å². The van der Waals surface area contributed by atoms with Crippen molar-refractivity contribution in [3.8, 4) is 0 Å². The molecule has 14 atom stereocenters. The van der Waals surface area contributed by atoms with Gasteiger partial charge in [-0.15, -0.1) is 0 Å². The molecule has 2 rings (SSSR count). The number of nitrogens with one attached hydrogen (secondary N) is 2. The molecule has 0 aromatic carbocycles. The van der Waals surface area contributed by atoms with E-state index in [-0.39, 0.29) is 32.1 Å². The molecule has 0 radical (unpaired) electrons. The van der Waals surface area contributed by atoms with Gasteiger partial charge in [0.2, 0.25) is 11.8 Å². The fourth-order valence-electron chi connectivity index (χ4n) is 16.7. The van der Waals surface area contributed by atoms with Gasteiger partial charge in [-0.3, -0.25) is 33.3 Å². The zero-order chi connectivity index (χ0) is 87.7. The number of aliphatic hydroxyl groups is 4. The van der Waals surface area contributed by atoms with Gasteiger partial charge in [-0.05, 0) is 57.8 Å². The van der Waals surface area contributed by atoms with E-state index in [1.165, 1.54) is 173 Å². The van der Waals surface area contributed by atoms with E-state index in [0.717, 1.165) is 173 Å². The number of carbonyl (C=O) groups is 6. The molecule has 2 amide bonds. The van der Waals surface area contributed by atoms with E-state index >= 15 is 0 Å².